The second kappa shape index (κ2) is 12.3. The van der Waals surface area contributed by atoms with Crippen molar-refractivity contribution in [3.8, 4) is 0 Å². The molecule has 11 heteroatoms. The van der Waals surface area contributed by atoms with Crippen LogP contribution in [0.4, 0.5) is 5.13 Å². The standard InChI is InChI=1S/C19H29N5O2S2.2ClH/c1-19(2,3)14-10-21-15(26-14)12-27-16-11-22-18(28-16)23-17(25)13-4-7-24(8-5-13)9-6-20;;/h10-11,13H,4-9,12,20H2,1-3H3,(H,22,23,25);2*1H. The van der Waals surface area contributed by atoms with Crippen LogP contribution in [0, 0.1) is 5.92 Å². The van der Waals surface area contributed by atoms with E-state index in [9.17, 15) is 4.79 Å². The van der Waals surface area contributed by atoms with Gasteiger partial charge in [0.1, 0.15) is 5.76 Å². The Morgan fingerprint density at radius 3 is 2.60 bits per heavy atom. The first-order valence-corrected chi connectivity index (χ1v) is 11.4. The zero-order chi connectivity index (χ0) is 20.1. The highest BCUT2D eigenvalue weighted by molar-refractivity contribution is 8.00. The number of amides is 1. The Kier molecular flexibility index (Phi) is 11.1. The number of oxazole rings is 1. The van der Waals surface area contributed by atoms with Crippen LogP contribution < -0.4 is 11.1 Å². The maximum atomic E-state index is 12.5. The highest BCUT2D eigenvalue weighted by atomic mass is 35.5. The SMILES string of the molecule is CC(C)(C)c1cnc(CSc2cnc(NC(=O)C3CCN(CCN)CC3)s2)o1.Cl.Cl. The molecule has 0 aromatic carbocycles. The zero-order valence-corrected chi connectivity index (χ0v) is 20.8. The molecule has 170 valence electrons. The van der Waals surface area contributed by atoms with Crippen molar-refractivity contribution in [2.24, 2.45) is 11.7 Å². The quantitative estimate of drug-likeness (QED) is 0.555. The van der Waals surface area contributed by atoms with Crippen molar-refractivity contribution >= 4 is 59.0 Å². The van der Waals surface area contributed by atoms with Gasteiger partial charge in [0.05, 0.1) is 22.4 Å². The molecule has 3 heterocycles. The predicted molar refractivity (Wildman–Crippen MR) is 128 cm³/mol. The van der Waals surface area contributed by atoms with Crippen molar-refractivity contribution in [3.63, 3.8) is 0 Å². The Morgan fingerprint density at radius 2 is 2.00 bits per heavy atom. The van der Waals surface area contributed by atoms with Gasteiger partial charge in [0.2, 0.25) is 11.8 Å². The van der Waals surface area contributed by atoms with Gasteiger partial charge in [0.15, 0.2) is 5.13 Å². The molecule has 7 nitrogen and oxygen atoms in total. The number of nitrogens with two attached hydrogens (primary N) is 1. The minimum atomic E-state index is -0.0433. The van der Waals surface area contributed by atoms with Gasteiger partial charge in [-0.1, -0.05) is 32.1 Å². The van der Waals surface area contributed by atoms with Crippen LogP contribution in [0.15, 0.2) is 21.0 Å². The molecule has 1 fully saturated rings. The number of nitrogens with one attached hydrogen (secondary N) is 1. The summed E-state index contributed by atoms with van der Waals surface area (Å²) in [7, 11) is 0. The average Bonchev–Trinajstić information content (AvgIpc) is 3.30. The molecule has 2 aromatic heterocycles. The summed E-state index contributed by atoms with van der Waals surface area (Å²) in [5.74, 6) is 2.36. The van der Waals surface area contributed by atoms with Gasteiger partial charge in [0.25, 0.3) is 0 Å². The van der Waals surface area contributed by atoms with Crippen LogP contribution in [-0.2, 0) is 16.0 Å². The lowest BCUT2D eigenvalue weighted by Gasteiger charge is -2.30. The van der Waals surface area contributed by atoms with Crippen LogP contribution in [0.25, 0.3) is 0 Å². The number of likely N-dealkylation sites (tertiary alicyclic amines) is 1. The Bertz CT molecular complexity index is 786. The van der Waals surface area contributed by atoms with E-state index in [2.05, 4.69) is 41.0 Å². The zero-order valence-electron chi connectivity index (χ0n) is 17.6. The first-order valence-electron chi connectivity index (χ1n) is 9.62. The first kappa shape index (κ1) is 27.2. The first-order chi connectivity index (χ1) is 13.3. The van der Waals surface area contributed by atoms with Gasteiger partial charge in [-0.25, -0.2) is 9.97 Å². The van der Waals surface area contributed by atoms with Crippen molar-refractivity contribution in [1.29, 1.82) is 0 Å². The van der Waals surface area contributed by atoms with Crippen molar-refractivity contribution in [2.45, 2.75) is 49.0 Å². The lowest BCUT2D eigenvalue weighted by atomic mass is 9.94. The van der Waals surface area contributed by atoms with Gasteiger partial charge in [-0.15, -0.1) is 36.6 Å². The second-order valence-corrected chi connectivity index (χ2v) is 10.3. The molecule has 0 atom stereocenters. The summed E-state index contributed by atoms with van der Waals surface area (Å²) < 4.78 is 6.85. The topological polar surface area (TPSA) is 97.3 Å². The number of thiazole rings is 1. The number of hydrogen-bond acceptors (Lipinski definition) is 8. The molecular formula is C19H31Cl2N5O2S2. The molecule has 0 bridgehead atoms. The fraction of sp³-hybridized carbons (Fsp3) is 0.632. The molecule has 1 aliphatic rings. The van der Waals surface area contributed by atoms with Crippen molar-refractivity contribution in [3.05, 3.63) is 24.0 Å². The van der Waals surface area contributed by atoms with Crippen LogP contribution in [-0.4, -0.2) is 47.0 Å². The van der Waals surface area contributed by atoms with E-state index >= 15 is 0 Å². The fourth-order valence-electron chi connectivity index (χ4n) is 3.05. The van der Waals surface area contributed by atoms with Gasteiger partial charge in [-0.2, -0.15) is 0 Å². The number of thioether (sulfide) groups is 1. The third-order valence-electron chi connectivity index (χ3n) is 4.75. The fourth-order valence-corrected chi connectivity index (χ4v) is 4.78. The van der Waals surface area contributed by atoms with E-state index in [1.54, 1.807) is 24.2 Å². The predicted octanol–water partition coefficient (Wildman–Crippen LogP) is 4.17. The molecule has 30 heavy (non-hydrogen) atoms. The summed E-state index contributed by atoms with van der Waals surface area (Å²) >= 11 is 3.11. The number of piperidine rings is 1. The number of carbonyl (C=O) groups is 1. The third-order valence-corrected chi connectivity index (χ3v) is 6.84. The molecular weight excluding hydrogens is 465 g/mol. The van der Waals surface area contributed by atoms with E-state index in [0.29, 0.717) is 23.3 Å². The molecule has 2 aromatic rings. The van der Waals surface area contributed by atoms with Crippen LogP contribution in [0.2, 0.25) is 0 Å². The maximum Gasteiger partial charge on any atom is 0.229 e. The molecule has 3 N–H and O–H groups in total. The number of nitrogens with zero attached hydrogens (tertiary/aromatic N) is 3. The summed E-state index contributed by atoms with van der Waals surface area (Å²) in [6, 6.07) is 0. The molecule has 1 aliphatic heterocycles. The molecule has 0 spiro atoms. The minimum absolute atomic E-state index is 0. The molecule has 0 saturated carbocycles. The highest BCUT2D eigenvalue weighted by Gasteiger charge is 2.25. The maximum absolute atomic E-state index is 12.5. The van der Waals surface area contributed by atoms with E-state index in [-0.39, 0.29) is 42.1 Å². The summed E-state index contributed by atoms with van der Waals surface area (Å²) in [6.07, 6.45) is 5.34. The summed E-state index contributed by atoms with van der Waals surface area (Å²) in [4.78, 5) is 23.5. The molecule has 0 unspecified atom stereocenters. The van der Waals surface area contributed by atoms with Crippen LogP contribution >= 0.6 is 47.9 Å². The number of carbonyl (C=O) groups excluding carboxylic acids is 1. The third kappa shape index (κ3) is 7.69. The van der Waals surface area contributed by atoms with Crippen molar-refractivity contribution < 1.29 is 9.21 Å². The van der Waals surface area contributed by atoms with Crippen LogP contribution in [0.5, 0.6) is 0 Å². The van der Waals surface area contributed by atoms with E-state index in [1.165, 1.54) is 11.3 Å². The Morgan fingerprint density at radius 1 is 1.30 bits per heavy atom. The van der Waals surface area contributed by atoms with Crippen molar-refractivity contribution in [1.82, 2.24) is 14.9 Å². The van der Waals surface area contributed by atoms with Gasteiger partial charge < -0.3 is 20.4 Å². The summed E-state index contributed by atoms with van der Waals surface area (Å²) in [5.41, 5.74) is 5.56. The smallest absolute Gasteiger partial charge is 0.229 e. The number of rotatable bonds is 7. The van der Waals surface area contributed by atoms with E-state index in [4.69, 9.17) is 10.2 Å². The van der Waals surface area contributed by atoms with E-state index < -0.39 is 0 Å². The van der Waals surface area contributed by atoms with E-state index in [0.717, 1.165) is 42.4 Å². The second-order valence-electron chi connectivity index (χ2n) is 8.04. The summed E-state index contributed by atoms with van der Waals surface area (Å²) in [5, 5.41) is 3.63. The lowest BCUT2D eigenvalue weighted by Crippen LogP contribution is -2.40. The highest BCUT2D eigenvalue weighted by Crippen LogP contribution is 2.32. The Hall–Kier alpha value is -0.840. The van der Waals surface area contributed by atoms with Crippen LogP contribution in [0.3, 0.4) is 0 Å². The van der Waals surface area contributed by atoms with Crippen LogP contribution in [0.1, 0.15) is 45.3 Å². The molecule has 0 radical (unpaired) electrons. The van der Waals surface area contributed by atoms with Gasteiger partial charge >= 0.3 is 0 Å². The number of aromatic nitrogens is 2. The van der Waals surface area contributed by atoms with Crippen molar-refractivity contribution in [2.75, 3.05) is 31.5 Å². The van der Waals surface area contributed by atoms with Gasteiger partial charge in [0, 0.05) is 24.4 Å². The van der Waals surface area contributed by atoms with Gasteiger partial charge in [-0.05, 0) is 25.9 Å². The molecule has 1 amide bonds. The van der Waals surface area contributed by atoms with Gasteiger partial charge in [-0.3, -0.25) is 4.79 Å². The summed E-state index contributed by atoms with van der Waals surface area (Å²) in [6.45, 7) is 9.74. The Balaban J connectivity index is 0.00000225. The molecule has 0 aliphatic carbocycles. The monoisotopic (exact) mass is 495 g/mol. The minimum Gasteiger partial charge on any atom is -0.444 e. The largest absolute Gasteiger partial charge is 0.444 e. The van der Waals surface area contributed by atoms with E-state index in [1.807, 2.05) is 0 Å². The normalized spacial score (nSPS) is 15.3. The number of anilines is 1. The molecule has 3 rings (SSSR count). The average molecular weight is 497 g/mol. The number of halogens is 2. The Labute approximate surface area is 198 Å². The molecule has 1 saturated heterocycles. The number of hydrogen-bond donors (Lipinski definition) is 2. The lowest BCUT2D eigenvalue weighted by molar-refractivity contribution is -0.121.